The van der Waals surface area contributed by atoms with Crippen LogP contribution in [0, 0.1) is 11.7 Å². The number of halogens is 1. The normalized spacial score (nSPS) is 16.9. The summed E-state index contributed by atoms with van der Waals surface area (Å²) in [5.74, 6) is -0.252. The zero-order valence-electron chi connectivity index (χ0n) is 23.7. The first-order valence-corrected chi connectivity index (χ1v) is 14.6. The van der Waals surface area contributed by atoms with Crippen molar-refractivity contribution in [1.82, 2.24) is 25.0 Å². The second-order valence-electron chi connectivity index (χ2n) is 11.6. The van der Waals surface area contributed by atoms with Crippen LogP contribution in [0.5, 0.6) is 0 Å². The maximum atomic E-state index is 13.7. The van der Waals surface area contributed by atoms with E-state index >= 15 is 0 Å². The largest absolute Gasteiger partial charge is 0.477 e. The van der Waals surface area contributed by atoms with Gasteiger partial charge in [-0.3, -0.25) is 23.3 Å². The molecule has 40 heavy (non-hydrogen) atoms. The Kier molecular flexibility index (Phi) is 8.84. The molecule has 3 heterocycles. The van der Waals surface area contributed by atoms with Gasteiger partial charge in [0.05, 0.1) is 23.6 Å². The fraction of sp³-hybridized carbons (Fsp3) is 0.519. The standard InChI is InChI=1S/C27H36FN6O5P/c1-26(2,3)38-40(36,39-27(4,5)6)37-18-34-25(31-23(32-34)21-13-14-29-30-17-21)33-15-7-8-20(24(33)35)16-19-9-11-22(28)12-10-19/h9-14,17,20H,7-8,15-16,18H2,1-6H3. The van der Waals surface area contributed by atoms with Crippen LogP contribution in [0.25, 0.3) is 11.4 Å². The summed E-state index contributed by atoms with van der Waals surface area (Å²) < 4.78 is 45.7. The van der Waals surface area contributed by atoms with Gasteiger partial charge in [0.2, 0.25) is 11.9 Å². The van der Waals surface area contributed by atoms with Gasteiger partial charge in [0, 0.05) is 18.0 Å². The zero-order chi connectivity index (χ0) is 29.1. The summed E-state index contributed by atoms with van der Waals surface area (Å²) in [5, 5.41) is 12.2. The molecule has 0 radical (unpaired) electrons. The quantitative estimate of drug-likeness (QED) is 0.302. The number of benzene rings is 1. The molecule has 3 aromatic rings. The molecular weight excluding hydrogens is 538 g/mol. The number of piperidine rings is 1. The first-order chi connectivity index (χ1) is 18.7. The number of phosphoric ester groups is 1. The molecule has 0 saturated carbocycles. The van der Waals surface area contributed by atoms with E-state index in [2.05, 4.69) is 20.3 Å². The van der Waals surface area contributed by atoms with Crippen LogP contribution in [0.2, 0.25) is 0 Å². The number of aromatic nitrogens is 5. The Labute approximate surface area is 233 Å². The topological polar surface area (TPSA) is 122 Å². The van der Waals surface area contributed by atoms with E-state index in [0.717, 1.165) is 12.0 Å². The molecule has 11 nitrogen and oxygen atoms in total. The summed E-state index contributed by atoms with van der Waals surface area (Å²) >= 11 is 0. The van der Waals surface area contributed by atoms with Crippen molar-refractivity contribution in [2.75, 3.05) is 11.4 Å². The van der Waals surface area contributed by atoms with Gasteiger partial charge in [-0.2, -0.15) is 15.2 Å². The Morgan fingerprint density at radius 3 is 2.30 bits per heavy atom. The molecule has 0 bridgehead atoms. The van der Waals surface area contributed by atoms with Gasteiger partial charge in [0.15, 0.2) is 12.6 Å². The lowest BCUT2D eigenvalue weighted by molar-refractivity contribution is -0.123. The number of amides is 1. The Bertz CT molecular complexity index is 1330. The van der Waals surface area contributed by atoms with E-state index in [4.69, 9.17) is 13.6 Å². The van der Waals surface area contributed by atoms with E-state index in [1.807, 2.05) is 0 Å². The van der Waals surface area contributed by atoms with Gasteiger partial charge in [-0.05, 0) is 84.6 Å². The number of hydrogen-bond acceptors (Lipinski definition) is 9. The fourth-order valence-corrected chi connectivity index (χ4v) is 6.01. The molecule has 2 aromatic heterocycles. The number of rotatable bonds is 9. The second-order valence-corrected chi connectivity index (χ2v) is 13.2. The first-order valence-electron chi connectivity index (χ1n) is 13.2. The average molecular weight is 575 g/mol. The van der Waals surface area contributed by atoms with Crippen molar-refractivity contribution >= 4 is 19.7 Å². The van der Waals surface area contributed by atoms with Crippen molar-refractivity contribution in [3.05, 3.63) is 54.1 Å². The van der Waals surface area contributed by atoms with E-state index in [9.17, 15) is 13.8 Å². The second kappa shape index (κ2) is 11.8. The lowest BCUT2D eigenvalue weighted by Crippen LogP contribution is -2.43. The van der Waals surface area contributed by atoms with Gasteiger partial charge in [-0.15, -0.1) is 5.10 Å². The van der Waals surface area contributed by atoms with E-state index in [1.165, 1.54) is 29.2 Å². The van der Waals surface area contributed by atoms with Crippen LogP contribution < -0.4 is 4.90 Å². The predicted octanol–water partition coefficient (Wildman–Crippen LogP) is 5.57. The van der Waals surface area contributed by atoms with Crippen LogP contribution in [0.4, 0.5) is 10.3 Å². The Morgan fingerprint density at radius 1 is 1.02 bits per heavy atom. The van der Waals surface area contributed by atoms with Gasteiger partial charge in [-0.25, -0.2) is 13.6 Å². The van der Waals surface area contributed by atoms with Gasteiger partial charge in [0.25, 0.3) is 0 Å². The van der Waals surface area contributed by atoms with Crippen LogP contribution in [-0.4, -0.2) is 48.6 Å². The van der Waals surface area contributed by atoms with E-state index in [1.54, 1.807) is 64.6 Å². The van der Waals surface area contributed by atoms with Crippen LogP contribution in [0.3, 0.4) is 0 Å². The van der Waals surface area contributed by atoms with Crippen LogP contribution in [-0.2, 0) is 36.1 Å². The molecule has 1 amide bonds. The summed E-state index contributed by atoms with van der Waals surface area (Å²) in [5.41, 5.74) is -0.191. The molecule has 1 unspecified atom stereocenters. The molecule has 1 aliphatic rings. The van der Waals surface area contributed by atoms with Gasteiger partial charge >= 0.3 is 7.82 Å². The number of phosphoric acid groups is 1. The summed E-state index contributed by atoms with van der Waals surface area (Å²) in [6, 6.07) is 7.86. The monoisotopic (exact) mass is 574 g/mol. The maximum Gasteiger partial charge on any atom is 0.477 e. The SMILES string of the molecule is CC(C)(C)OP(=O)(OCn1nc(-c2ccnnc2)nc1N1CCCC(Cc2ccc(F)cc2)C1=O)OC(C)(C)C. The molecule has 1 atom stereocenters. The summed E-state index contributed by atoms with van der Waals surface area (Å²) in [6.07, 6.45) is 4.91. The van der Waals surface area contributed by atoms with Gasteiger partial charge in [0.1, 0.15) is 5.82 Å². The number of carbonyl (C=O) groups is 1. The summed E-state index contributed by atoms with van der Waals surface area (Å²) in [7, 11) is -4.07. The predicted molar refractivity (Wildman–Crippen MR) is 147 cm³/mol. The number of hydrogen-bond donors (Lipinski definition) is 0. The van der Waals surface area contributed by atoms with Crippen LogP contribution >= 0.6 is 7.82 Å². The van der Waals surface area contributed by atoms with Crippen molar-refractivity contribution in [2.45, 2.75) is 78.7 Å². The van der Waals surface area contributed by atoms with E-state index < -0.39 is 19.0 Å². The smallest absolute Gasteiger partial charge is 0.281 e. The number of anilines is 1. The van der Waals surface area contributed by atoms with Crippen LogP contribution in [0.15, 0.2) is 42.7 Å². The highest BCUT2D eigenvalue weighted by molar-refractivity contribution is 7.48. The lowest BCUT2D eigenvalue weighted by Gasteiger charge is -2.32. The number of nitrogens with zero attached hydrogens (tertiary/aromatic N) is 6. The summed E-state index contributed by atoms with van der Waals surface area (Å²) in [6.45, 7) is 10.6. The minimum Gasteiger partial charge on any atom is -0.281 e. The highest BCUT2D eigenvalue weighted by Gasteiger charge is 2.39. The van der Waals surface area contributed by atoms with E-state index in [0.29, 0.717) is 30.8 Å². The molecule has 1 fully saturated rings. The molecule has 0 aliphatic carbocycles. The molecule has 216 valence electrons. The van der Waals surface area contributed by atoms with Gasteiger partial charge < -0.3 is 0 Å². The third-order valence-electron chi connectivity index (χ3n) is 5.79. The van der Waals surface area contributed by atoms with Crippen molar-refractivity contribution in [1.29, 1.82) is 0 Å². The number of carbonyl (C=O) groups excluding carboxylic acids is 1. The minimum atomic E-state index is -4.07. The zero-order valence-corrected chi connectivity index (χ0v) is 24.6. The maximum absolute atomic E-state index is 13.7. The average Bonchev–Trinajstić information content (AvgIpc) is 3.28. The molecular formula is C27H36FN6O5P. The third kappa shape index (κ3) is 8.00. The van der Waals surface area contributed by atoms with Crippen LogP contribution in [0.1, 0.15) is 59.9 Å². The van der Waals surface area contributed by atoms with Crippen molar-refractivity contribution in [2.24, 2.45) is 5.92 Å². The Morgan fingerprint density at radius 2 is 1.70 bits per heavy atom. The Hall–Kier alpha value is -3.05. The van der Waals surface area contributed by atoms with Crippen molar-refractivity contribution in [3.63, 3.8) is 0 Å². The highest BCUT2D eigenvalue weighted by Crippen LogP contribution is 2.55. The molecule has 1 aromatic carbocycles. The minimum absolute atomic E-state index is 0.135. The molecule has 1 saturated heterocycles. The fourth-order valence-electron chi connectivity index (χ4n) is 4.28. The van der Waals surface area contributed by atoms with Crippen molar-refractivity contribution in [3.8, 4) is 11.4 Å². The third-order valence-corrected chi connectivity index (χ3v) is 7.76. The molecule has 0 spiro atoms. The first kappa shape index (κ1) is 29.9. The highest BCUT2D eigenvalue weighted by atomic mass is 31.2. The van der Waals surface area contributed by atoms with Crippen molar-refractivity contribution < 1.29 is 27.3 Å². The molecule has 4 rings (SSSR count). The van der Waals surface area contributed by atoms with E-state index in [-0.39, 0.29) is 30.3 Å². The molecule has 0 N–H and O–H groups in total. The Balaban J connectivity index is 1.64. The summed E-state index contributed by atoms with van der Waals surface area (Å²) in [4.78, 5) is 19.9. The van der Waals surface area contributed by atoms with Gasteiger partial charge in [-0.1, -0.05) is 12.1 Å². The lowest BCUT2D eigenvalue weighted by atomic mass is 9.90. The molecule has 13 heteroatoms. The molecule has 1 aliphatic heterocycles.